The zero-order valence-electron chi connectivity index (χ0n) is 42.5. The number of aromatic nitrogens is 2. The first-order chi connectivity index (χ1) is 38.0. The first-order valence-electron chi connectivity index (χ1n) is 26.7. The van der Waals surface area contributed by atoms with Crippen LogP contribution in [-0.2, 0) is 10.8 Å². The van der Waals surface area contributed by atoms with Gasteiger partial charge in [-0.2, -0.15) is 0 Å². The molecule has 0 aliphatic heterocycles. The van der Waals surface area contributed by atoms with Crippen LogP contribution < -0.4 is 4.90 Å². The third-order valence-corrected chi connectivity index (χ3v) is 17.7. The van der Waals surface area contributed by atoms with Gasteiger partial charge < -0.3 is 9.47 Å². The van der Waals surface area contributed by atoms with Gasteiger partial charge in [-0.05, 0) is 135 Å². The minimum Gasteiger partial charge on any atom is -0.310 e. The second-order valence-corrected chi connectivity index (χ2v) is 21.9. The van der Waals surface area contributed by atoms with Crippen LogP contribution in [0.2, 0.25) is 0 Å². The number of rotatable bonds is 9. The highest BCUT2D eigenvalue weighted by molar-refractivity contribution is 7.26. The molecule has 2 aliphatic rings. The summed E-state index contributed by atoms with van der Waals surface area (Å²) in [6, 6.07) is 92.2. The molecular weight excluding hydrogens is 951 g/mol. The quantitative estimate of drug-likeness (QED) is 0.144. The molecule has 0 saturated carbocycles. The Hall–Kier alpha value is -9.35. The molecule has 10 aromatic carbocycles. The molecule has 13 aromatic rings. The lowest BCUT2D eigenvalue weighted by molar-refractivity contribution is 0.600. The third kappa shape index (κ3) is 7.06. The first-order valence-corrected chi connectivity index (χ1v) is 27.5. The van der Waals surface area contributed by atoms with Crippen molar-refractivity contribution in [3.8, 4) is 39.2 Å². The molecule has 2 aliphatic carbocycles. The average Bonchev–Trinajstić information content (AvgIpc) is 4.32. The highest BCUT2D eigenvalue weighted by Gasteiger charge is 2.46. The van der Waals surface area contributed by atoms with Crippen molar-refractivity contribution in [2.75, 3.05) is 4.90 Å². The number of allylic oxidation sites excluding steroid dienone is 4. The van der Waals surface area contributed by atoms with Crippen LogP contribution in [0.5, 0.6) is 0 Å². The highest BCUT2D eigenvalue weighted by atomic mass is 32.1. The highest BCUT2D eigenvalue weighted by Crippen LogP contribution is 2.58. The van der Waals surface area contributed by atoms with Crippen molar-refractivity contribution in [1.82, 2.24) is 9.55 Å². The summed E-state index contributed by atoms with van der Waals surface area (Å²) >= 11 is 1.87. The smallest absolute Gasteiger partial charge is 0.0717 e. The van der Waals surface area contributed by atoms with E-state index in [0.29, 0.717) is 0 Å². The van der Waals surface area contributed by atoms with E-state index in [1.807, 2.05) is 23.6 Å². The van der Waals surface area contributed by atoms with E-state index in [0.717, 1.165) is 45.9 Å². The van der Waals surface area contributed by atoms with E-state index < -0.39 is 5.41 Å². The number of pyridine rings is 1. The van der Waals surface area contributed by atoms with Gasteiger partial charge in [-0.15, -0.1) is 11.3 Å². The summed E-state index contributed by atoms with van der Waals surface area (Å²) < 4.78 is 4.96. The van der Waals surface area contributed by atoms with Crippen LogP contribution in [0.1, 0.15) is 41.2 Å². The number of hydrogen-bond donors (Lipinski definition) is 0. The van der Waals surface area contributed by atoms with Crippen molar-refractivity contribution < 1.29 is 0 Å². The molecule has 0 spiro atoms. The number of nitrogens with zero attached hydrogens (tertiary/aromatic N) is 3. The Morgan fingerprint density at radius 1 is 0.468 bits per heavy atom. The molecule has 1 unspecified atom stereocenters. The van der Waals surface area contributed by atoms with Gasteiger partial charge in [-0.25, -0.2) is 0 Å². The van der Waals surface area contributed by atoms with Crippen molar-refractivity contribution in [3.63, 3.8) is 0 Å². The Bertz CT molecular complexity index is 4420. The topological polar surface area (TPSA) is 21.1 Å². The molecule has 0 amide bonds. The van der Waals surface area contributed by atoms with Gasteiger partial charge in [0.1, 0.15) is 0 Å². The lowest BCUT2D eigenvalue weighted by Gasteiger charge is -2.35. The third-order valence-electron chi connectivity index (χ3n) is 16.5. The lowest BCUT2D eigenvalue weighted by atomic mass is 9.67. The fourth-order valence-corrected chi connectivity index (χ4v) is 14.1. The predicted octanol–water partition coefficient (Wildman–Crippen LogP) is 19.5. The van der Waals surface area contributed by atoms with Crippen molar-refractivity contribution in [1.29, 1.82) is 0 Å². The fourth-order valence-electron chi connectivity index (χ4n) is 12.9. The van der Waals surface area contributed by atoms with E-state index in [4.69, 9.17) is 4.98 Å². The maximum absolute atomic E-state index is 5.04. The molecule has 3 nitrogen and oxygen atoms in total. The Kier molecular flexibility index (Phi) is 10.5. The van der Waals surface area contributed by atoms with Crippen molar-refractivity contribution in [2.45, 2.75) is 24.2 Å². The van der Waals surface area contributed by atoms with Crippen LogP contribution in [0.15, 0.2) is 279 Å². The van der Waals surface area contributed by atoms with E-state index in [1.165, 1.54) is 86.5 Å². The number of para-hydroxylation sites is 1. The summed E-state index contributed by atoms with van der Waals surface area (Å²) in [6.07, 6.45) is 11.9. The normalized spacial score (nSPS) is 15.3. The minimum absolute atomic E-state index is 0.121. The zero-order chi connectivity index (χ0) is 51.1. The number of fused-ring (bicyclic) bond motifs is 10. The molecular formula is C73H51N3S. The van der Waals surface area contributed by atoms with E-state index in [2.05, 4.69) is 283 Å². The van der Waals surface area contributed by atoms with Crippen LogP contribution in [0.3, 0.4) is 0 Å². The molecule has 15 rings (SSSR count). The van der Waals surface area contributed by atoms with Crippen molar-refractivity contribution >= 4 is 70.4 Å². The van der Waals surface area contributed by atoms with Gasteiger partial charge in [0.15, 0.2) is 0 Å². The maximum atomic E-state index is 5.04. The van der Waals surface area contributed by atoms with Crippen molar-refractivity contribution in [2.24, 2.45) is 0 Å². The number of anilines is 3. The van der Waals surface area contributed by atoms with Crippen molar-refractivity contribution in [3.05, 3.63) is 307 Å². The molecule has 0 N–H and O–H groups in total. The van der Waals surface area contributed by atoms with Crippen LogP contribution in [0.25, 0.3) is 81.2 Å². The summed E-state index contributed by atoms with van der Waals surface area (Å²) in [5.41, 5.74) is 19.4. The van der Waals surface area contributed by atoms with E-state index in [9.17, 15) is 0 Å². The van der Waals surface area contributed by atoms with Gasteiger partial charge in [-0.3, -0.25) is 4.98 Å². The van der Waals surface area contributed by atoms with Crippen LogP contribution >= 0.6 is 11.3 Å². The average molecular weight is 1000 g/mol. The van der Waals surface area contributed by atoms with E-state index >= 15 is 0 Å². The summed E-state index contributed by atoms with van der Waals surface area (Å²) in [5, 5.41) is 4.96. The lowest BCUT2D eigenvalue weighted by Crippen LogP contribution is -2.28. The number of benzene rings is 10. The van der Waals surface area contributed by atoms with Gasteiger partial charge in [0.2, 0.25) is 0 Å². The molecule has 1 atom stereocenters. The van der Waals surface area contributed by atoms with E-state index in [1.54, 1.807) is 0 Å². The molecule has 0 bridgehead atoms. The van der Waals surface area contributed by atoms with Gasteiger partial charge in [0.05, 0.1) is 22.1 Å². The molecule has 3 heterocycles. The standard InChI is InChI=1S/C73H51N3S/c1-72(42-18-6-19-43-72)53-34-39-60-66(45-53)76(54-27-13-5-14-28-54)67-48-61(65-31-17-20-44-74-65)71-70(69(60)67)62-46-56(38-41-68(62)77-71)75(55-35-32-50(33-36-55)49-21-7-2-8-22-49)57-37-40-59-58-29-15-16-30-63(58)73(64(59)47-57,51-23-9-3-10-24-51)52-25-11-4-12-26-52/h2-42,44-48H,43H2,1H3. The van der Waals surface area contributed by atoms with Crippen LogP contribution in [0.4, 0.5) is 17.1 Å². The largest absolute Gasteiger partial charge is 0.310 e. The molecule has 4 heteroatoms. The molecule has 3 aromatic heterocycles. The van der Waals surface area contributed by atoms with Gasteiger partial charge >= 0.3 is 0 Å². The van der Waals surface area contributed by atoms with Gasteiger partial charge in [0, 0.05) is 70.9 Å². The predicted molar refractivity (Wildman–Crippen MR) is 325 cm³/mol. The van der Waals surface area contributed by atoms with Gasteiger partial charge in [-0.1, -0.05) is 201 Å². The Morgan fingerprint density at radius 2 is 1.12 bits per heavy atom. The molecule has 0 saturated heterocycles. The SMILES string of the molecule is CC1(c2ccc3c4c5c(sc6ccc(N(c7ccc(-c8ccccc8)cc7)c7ccc8c(c7)C(c7ccccc7)(c7ccccc7)c7ccccc7-8)cc65)c(-c5ccccn5)cc4n(-c4ccccc4)c3c2)C=CC=CC1. The van der Waals surface area contributed by atoms with Crippen LogP contribution in [-0.4, -0.2) is 9.55 Å². The Labute approximate surface area is 452 Å². The fraction of sp³-hybridized carbons (Fsp3) is 0.0548. The number of hydrogen-bond acceptors (Lipinski definition) is 3. The second kappa shape index (κ2) is 17.9. The summed E-state index contributed by atoms with van der Waals surface area (Å²) in [4.78, 5) is 7.52. The minimum atomic E-state index is -0.553. The summed E-state index contributed by atoms with van der Waals surface area (Å²) in [5.74, 6) is 0. The zero-order valence-corrected chi connectivity index (χ0v) is 43.3. The van der Waals surface area contributed by atoms with E-state index in [-0.39, 0.29) is 5.41 Å². The summed E-state index contributed by atoms with van der Waals surface area (Å²) in [7, 11) is 0. The maximum Gasteiger partial charge on any atom is 0.0717 e. The monoisotopic (exact) mass is 1000 g/mol. The van der Waals surface area contributed by atoms with Gasteiger partial charge in [0.25, 0.3) is 0 Å². The Balaban J connectivity index is 1.02. The molecule has 77 heavy (non-hydrogen) atoms. The molecule has 0 radical (unpaired) electrons. The Morgan fingerprint density at radius 3 is 1.84 bits per heavy atom. The first kappa shape index (κ1) is 45.1. The number of thiophene rings is 1. The summed E-state index contributed by atoms with van der Waals surface area (Å²) in [6.45, 7) is 2.36. The molecule has 0 fully saturated rings. The molecule has 364 valence electrons. The second-order valence-electron chi connectivity index (χ2n) is 20.8. The van der Waals surface area contributed by atoms with Crippen LogP contribution in [0, 0.1) is 0 Å².